The molecule has 1 aliphatic carbocycles. The van der Waals surface area contributed by atoms with E-state index in [4.69, 9.17) is 4.52 Å². The molecule has 0 saturated carbocycles. The van der Waals surface area contributed by atoms with Gasteiger partial charge in [0.1, 0.15) is 11.6 Å². The fourth-order valence-corrected chi connectivity index (χ4v) is 2.54. The van der Waals surface area contributed by atoms with E-state index in [0.29, 0.717) is 17.4 Å². The number of carbonyl (C=O) groups excluding carboxylic acids is 1. The van der Waals surface area contributed by atoms with Crippen LogP contribution in [-0.4, -0.2) is 16.0 Å². The number of rotatable bonds is 2. The molecule has 0 fully saturated rings. The number of carbonyl (C=O) groups is 1. The summed E-state index contributed by atoms with van der Waals surface area (Å²) in [5.41, 5.74) is 2.21. The van der Waals surface area contributed by atoms with Crippen LogP contribution < -0.4 is 5.32 Å². The predicted molar refractivity (Wildman–Crippen MR) is 74.6 cm³/mol. The van der Waals surface area contributed by atoms with Crippen molar-refractivity contribution in [1.82, 2.24) is 10.1 Å². The van der Waals surface area contributed by atoms with Crippen LogP contribution in [0, 0.1) is 12.8 Å². The fourth-order valence-electron chi connectivity index (χ4n) is 2.54. The van der Waals surface area contributed by atoms with Gasteiger partial charge in [0.05, 0.1) is 0 Å². The van der Waals surface area contributed by atoms with Gasteiger partial charge in [0.2, 0.25) is 0 Å². The number of pyridine rings is 1. The van der Waals surface area contributed by atoms with E-state index < -0.39 is 0 Å². The third-order valence-corrected chi connectivity index (χ3v) is 3.63. The molecule has 2 aromatic rings. The van der Waals surface area contributed by atoms with Crippen molar-refractivity contribution in [2.45, 2.75) is 33.1 Å². The van der Waals surface area contributed by atoms with E-state index in [1.807, 2.05) is 19.1 Å². The Morgan fingerprint density at radius 2 is 2.30 bits per heavy atom. The number of nitrogens with one attached hydrogen (secondary N) is 1. The average molecular weight is 271 g/mol. The maximum atomic E-state index is 12.3. The summed E-state index contributed by atoms with van der Waals surface area (Å²) in [6.45, 7) is 4.06. The quantitative estimate of drug-likeness (QED) is 0.912. The van der Waals surface area contributed by atoms with Crippen molar-refractivity contribution in [3.05, 3.63) is 40.9 Å². The molecular formula is C15H17N3O2. The van der Waals surface area contributed by atoms with Gasteiger partial charge in [-0.05, 0) is 37.8 Å². The fraction of sp³-hybridized carbons (Fsp3) is 0.400. The molecule has 104 valence electrons. The molecule has 0 aliphatic heterocycles. The Kier molecular flexibility index (Phi) is 3.26. The minimum Gasteiger partial charge on any atom is -0.360 e. The molecule has 0 saturated heterocycles. The minimum atomic E-state index is -0.248. The van der Waals surface area contributed by atoms with Gasteiger partial charge in [-0.3, -0.25) is 4.79 Å². The van der Waals surface area contributed by atoms with Gasteiger partial charge < -0.3 is 9.84 Å². The van der Waals surface area contributed by atoms with Gasteiger partial charge in [-0.25, -0.2) is 4.98 Å². The Hall–Kier alpha value is -2.17. The van der Waals surface area contributed by atoms with Gasteiger partial charge in [0.15, 0.2) is 5.69 Å². The van der Waals surface area contributed by atoms with Crippen molar-refractivity contribution < 1.29 is 9.32 Å². The molecule has 0 bridgehead atoms. The highest BCUT2D eigenvalue weighted by molar-refractivity contribution is 6.03. The average Bonchev–Trinajstić information content (AvgIpc) is 2.81. The summed E-state index contributed by atoms with van der Waals surface area (Å²) < 4.78 is 5.29. The molecule has 1 atom stereocenters. The lowest BCUT2D eigenvalue weighted by Crippen LogP contribution is -2.18. The highest BCUT2D eigenvalue weighted by atomic mass is 16.5. The van der Waals surface area contributed by atoms with E-state index in [2.05, 4.69) is 22.4 Å². The van der Waals surface area contributed by atoms with Gasteiger partial charge in [-0.15, -0.1) is 0 Å². The lowest BCUT2D eigenvalue weighted by atomic mass is 9.88. The summed E-state index contributed by atoms with van der Waals surface area (Å²) in [6.07, 6.45) is 2.80. The molecule has 1 amide bonds. The zero-order valence-electron chi connectivity index (χ0n) is 11.6. The van der Waals surface area contributed by atoms with Crippen LogP contribution in [0.15, 0.2) is 22.7 Å². The summed E-state index contributed by atoms with van der Waals surface area (Å²) in [4.78, 5) is 16.6. The maximum Gasteiger partial charge on any atom is 0.279 e. The Balaban J connectivity index is 1.83. The molecule has 0 aromatic carbocycles. The minimum absolute atomic E-state index is 0.248. The molecule has 0 radical (unpaired) electrons. The van der Waals surface area contributed by atoms with Gasteiger partial charge in [0, 0.05) is 17.7 Å². The Labute approximate surface area is 117 Å². The van der Waals surface area contributed by atoms with E-state index in [9.17, 15) is 4.79 Å². The van der Waals surface area contributed by atoms with Crippen molar-refractivity contribution in [3.8, 4) is 0 Å². The van der Waals surface area contributed by atoms with Crippen molar-refractivity contribution in [1.29, 1.82) is 0 Å². The van der Waals surface area contributed by atoms with Crippen LogP contribution >= 0.6 is 0 Å². The highest BCUT2D eigenvalue weighted by Gasteiger charge is 2.27. The number of aryl methyl sites for hydroxylation is 2. The molecule has 1 aliphatic rings. The van der Waals surface area contributed by atoms with E-state index in [-0.39, 0.29) is 5.91 Å². The standard InChI is InChI=1S/C15H17N3O2/c1-9-6-7-12-11(8-9)14(18-20-12)15(19)17-13-5-3-4-10(2)16-13/h3-5,9H,6-8H2,1-2H3,(H,16,17,19)/t9-/m0/s1. The van der Waals surface area contributed by atoms with Crippen LogP contribution in [0.3, 0.4) is 0 Å². The van der Waals surface area contributed by atoms with Crippen LogP contribution in [0.2, 0.25) is 0 Å². The first-order valence-corrected chi connectivity index (χ1v) is 6.86. The summed E-state index contributed by atoms with van der Waals surface area (Å²) in [5, 5.41) is 6.71. The number of amides is 1. The molecule has 0 unspecified atom stereocenters. The summed E-state index contributed by atoms with van der Waals surface area (Å²) in [5.74, 6) is 1.70. The molecule has 3 rings (SSSR count). The number of nitrogens with zero attached hydrogens (tertiary/aromatic N) is 2. The third kappa shape index (κ3) is 2.43. The smallest absolute Gasteiger partial charge is 0.279 e. The largest absolute Gasteiger partial charge is 0.360 e. The maximum absolute atomic E-state index is 12.3. The first-order valence-electron chi connectivity index (χ1n) is 6.86. The van der Waals surface area contributed by atoms with Crippen LogP contribution in [0.5, 0.6) is 0 Å². The van der Waals surface area contributed by atoms with E-state index in [1.165, 1.54) is 0 Å². The number of hydrogen-bond donors (Lipinski definition) is 1. The second kappa shape index (κ2) is 5.07. The number of fused-ring (bicyclic) bond motifs is 1. The first kappa shape index (κ1) is 12.8. The number of aromatic nitrogens is 2. The van der Waals surface area contributed by atoms with Crippen LogP contribution in [0.4, 0.5) is 5.82 Å². The van der Waals surface area contributed by atoms with Crippen molar-refractivity contribution >= 4 is 11.7 Å². The predicted octanol–water partition coefficient (Wildman–Crippen LogP) is 2.76. The highest BCUT2D eigenvalue weighted by Crippen LogP contribution is 2.28. The molecule has 1 N–H and O–H groups in total. The normalized spacial score (nSPS) is 17.6. The third-order valence-electron chi connectivity index (χ3n) is 3.63. The van der Waals surface area contributed by atoms with Crippen LogP contribution in [-0.2, 0) is 12.8 Å². The SMILES string of the molecule is Cc1cccc(NC(=O)c2noc3c2C[C@@H](C)CC3)n1. The van der Waals surface area contributed by atoms with E-state index in [1.54, 1.807) is 6.07 Å². The van der Waals surface area contributed by atoms with Gasteiger partial charge in [0.25, 0.3) is 5.91 Å². The number of hydrogen-bond acceptors (Lipinski definition) is 4. The Bertz CT molecular complexity index is 648. The lowest BCUT2D eigenvalue weighted by Gasteiger charge is -2.16. The molecular weight excluding hydrogens is 254 g/mol. The molecule has 2 heterocycles. The topological polar surface area (TPSA) is 68.0 Å². The summed E-state index contributed by atoms with van der Waals surface area (Å²) in [6, 6.07) is 5.51. The molecule has 5 nitrogen and oxygen atoms in total. The van der Waals surface area contributed by atoms with Gasteiger partial charge >= 0.3 is 0 Å². The number of anilines is 1. The summed E-state index contributed by atoms with van der Waals surface area (Å²) >= 11 is 0. The van der Waals surface area contributed by atoms with Crippen molar-refractivity contribution in [2.24, 2.45) is 5.92 Å². The zero-order valence-corrected chi connectivity index (χ0v) is 11.6. The van der Waals surface area contributed by atoms with Crippen LogP contribution in [0.1, 0.15) is 40.9 Å². The van der Waals surface area contributed by atoms with Gasteiger partial charge in [-0.2, -0.15) is 0 Å². The van der Waals surface area contributed by atoms with E-state index in [0.717, 1.165) is 36.3 Å². The molecule has 5 heteroatoms. The summed E-state index contributed by atoms with van der Waals surface area (Å²) in [7, 11) is 0. The molecule has 0 spiro atoms. The lowest BCUT2D eigenvalue weighted by molar-refractivity contribution is 0.101. The first-order chi connectivity index (χ1) is 9.63. The molecule has 20 heavy (non-hydrogen) atoms. The monoisotopic (exact) mass is 271 g/mol. The Morgan fingerprint density at radius 1 is 1.45 bits per heavy atom. The molecule has 2 aromatic heterocycles. The van der Waals surface area contributed by atoms with Crippen LogP contribution in [0.25, 0.3) is 0 Å². The second-order valence-corrected chi connectivity index (χ2v) is 5.40. The second-order valence-electron chi connectivity index (χ2n) is 5.40. The zero-order chi connectivity index (χ0) is 14.1. The van der Waals surface area contributed by atoms with Crippen molar-refractivity contribution in [2.75, 3.05) is 5.32 Å². The van der Waals surface area contributed by atoms with E-state index >= 15 is 0 Å². The van der Waals surface area contributed by atoms with Crippen molar-refractivity contribution in [3.63, 3.8) is 0 Å². The Morgan fingerprint density at radius 3 is 3.10 bits per heavy atom. The van der Waals surface area contributed by atoms with Gasteiger partial charge in [-0.1, -0.05) is 18.1 Å².